The summed E-state index contributed by atoms with van der Waals surface area (Å²) in [6.07, 6.45) is 0. The van der Waals surface area contributed by atoms with Gasteiger partial charge in [-0.1, -0.05) is 35.9 Å². The minimum Gasteiger partial charge on any atom is -0.321 e. The van der Waals surface area contributed by atoms with Gasteiger partial charge in [0, 0.05) is 11.4 Å². The molecule has 0 radical (unpaired) electrons. The van der Waals surface area contributed by atoms with Crippen LogP contribution in [0.15, 0.2) is 66.0 Å². The molecule has 3 aromatic rings. The van der Waals surface area contributed by atoms with Crippen LogP contribution in [0, 0.1) is 6.92 Å². The van der Waals surface area contributed by atoms with Gasteiger partial charge in [0.1, 0.15) is 5.37 Å². The van der Waals surface area contributed by atoms with Crippen molar-refractivity contribution in [1.29, 1.82) is 0 Å². The van der Waals surface area contributed by atoms with E-state index < -0.39 is 0 Å². The fourth-order valence-electron chi connectivity index (χ4n) is 3.03. The summed E-state index contributed by atoms with van der Waals surface area (Å²) < 4.78 is 0. The van der Waals surface area contributed by atoms with Crippen molar-refractivity contribution < 1.29 is 9.59 Å². The molecule has 2 heterocycles. The summed E-state index contributed by atoms with van der Waals surface area (Å²) in [6.45, 7) is 2.03. The Bertz CT molecular complexity index is 968. The third kappa shape index (κ3) is 3.77. The molecule has 0 bridgehead atoms. The second-order valence-corrected chi connectivity index (χ2v) is 8.34. The van der Waals surface area contributed by atoms with Crippen LogP contribution in [0.4, 0.5) is 11.4 Å². The van der Waals surface area contributed by atoms with Crippen LogP contribution >= 0.6 is 23.1 Å². The van der Waals surface area contributed by atoms with E-state index in [2.05, 4.69) is 5.32 Å². The zero-order valence-electron chi connectivity index (χ0n) is 14.7. The number of thioether (sulfide) groups is 1. The first-order valence-corrected chi connectivity index (χ1v) is 10.5. The van der Waals surface area contributed by atoms with Crippen LogP contribution in [-0.4, -0.2) is 17.6 Å². The van der Waals surface area contributed by atoms with Crippen LogP contribution in [0.25, 0.3) is 0 Å². The number of carbonyl (C=O) groups excluding carboxylic acids is 2. The first-order valence-electron chi connectivity index (χ1n) is 8.57. The van der Waals surface area contributed by atoms with Gasteiger partial charge >= 0.3 is 0 Å². The highest BCUT2D eigenvalue weighted by Crippen LogP contribution is 2.42. The van der Waals surface area contributed by atoms with E-state index in [-0.39, 0.29) is 17.2 Å². The Labute approximate surface area is 166 Å². The van der Waals surface area contributed by atoms with Crippen LogP contribution < -0.4 is 10.2 Å². The lowest BCUT2D eigenvalue weighted by Gasteiger charge is -2.25. The number of anilines is 2. The molecule has 1 fully saturated rings. The Balaban J connectivity index is 1.59. The second kappa shape index (κ2) is 7.58. The topological polar surface area (TPSA) is 49.4 Å². The van der Waals surface area contributed by atoms with Gasteiger partial charge < -0.3 is 5.32 Å². The summed E-state index contributed by atoms with van der Waals surface area (Å²) in [5, 5.41) is 4.72. The maximum atomic E-state index is 12.5. The van der Waals surface area contributed by atoms with Crippen molar-refractivity contribution >= 4 is 46.3 Å². The van der Waals surface area contributed by atoms with Crippen molar-refractivity contribution in [3.8, 4) is 0 Å². The van der Waals surface area contributed by atoms with Gasteiger partial charge in [0.05, 0.1) is 10.6 Å². The third-order valence-corrected chi connectivity index (χ3v) is 6.44. The summed E-state index contributed by atoms with van der Waals surface area (Å²) in [6, 6.07) is 19.4. The molecule has 0 spiro atoms. The number of hydrogen-bond acceptors (Lipinski definition) is 4. The average Bonchev–Trinajstić information content (AvgIpc) is 3.33. The first kappa shape index (κ1) is 17.8. The van der Waals surface area contributed by atoms with Crippen molar-refractivity contribution in [3.05, 3.63) is 82.0 Å². The lowest BCUT2D eigenvalue weighted by Crippen LogP contribution is -2.27. The first-order chi connectivity index (χ1) is 13.1. The number of rotatable bonds is 4. The maximum Gasteiger partial charge on any atom is 0.265 e. The van der Waals surface area contributed by atoms with Gasteiger partial charge in [-0.2, -0.15) is 0 Å². The van der Waals surface area contributed by atoms with Crippen molar-refractivity contribution in [3.63, 3.8) is 0 Å². The number of nitrogens with one attached hydrogen (secondary N) is 1. The molecule has 1 aromatic heterocycles. The van der Waals surface area contributed by atoms with Crippen LogP contribution in [0.3, 0.4) is 0 Å². The van der Waals surface area contributed by atoms with Crippen LogP contribution in [0.5, 0.6) is 0 Å². The molecule has 4 nitrogen and oxygen atoms in total. The molecule has 4 rings (SSSR count). The standard InChI is InChI=1S/C21H18N2O2S2/c1-14-7-9-17(10-8-14)23-19(24)13-27-21(23)15-4-2-5-16(12-15)22-20(25)18-6-3-11-26-18/h2-12,21H,13H2,1H3,(H,22,25)/t21-/m1/s1. The molecule has 1 aliphatic heterocycles. The van der Waals surface area contributed by atoms with Crippen molar-refractivity contribution in [2.45, 2.75) is 12.3 Å². The van der Waals surface area contributed by atoms with Gasteiger partial charge in [0.25, 0.3) is 5.91 Å². The van der Waals surface area contributed by atoms with E-state index in [4.69, 9.17) is 0 Å². The quantitative estimate of drug-likeness (QED) is 0.671. The van der Waals surface area contributed by atoms with E-state index in [1.165, 1.54) is 11.3 Å². The predicted octanol–water partition coefficient (Wildman–Crippen LogP) is 5.09. The molecule has 1 aliphatic rings. The molecule has 1 atom stereocenters. The molecular weight excluding hydrogens is 376 g/mol. The molecule has 1 saturated heterocycles. The van der Waals surface area contributed by atoms with Crippen LogP contribution in [0.2, 0.25) is 0 Å². The highest BCUT2D eigenvalue weighted by atomic mass is 32.2. The number of benzene rings is 2. The summed E-state index contributed by atoms with van der Waals surface area (Å²) in [5.74, 6) is 0.430. The zero-order chi connectivity index (χ0) is 18.8. The molecule has 27 heavy (non-hydrogen) atoms. The molecule has 1 N–H and O–H groups in total. The van der Waals surface area contributed by atoms with E-state index in [1.54, 1.807) is 17.8 Å². The Kier molecular flexibility index (Phi) is 5.01. The molecular formula is C21H18N2O2S2. The predicted molar refractivity (Wildman–Crippen MR) is 113 cm³/mol. The molecule has 136 valence electrons. The normalized spacial score (nSPS) is 16.6. The Hall–Kier alpha value is -2.57. The summed E-state index contributed by atoms with van der Waals surface area (Å²) in [4.78, 5) is 27.3. The van der Waals surface area contributed by atoms with E-state index in [0.29, 0.717) is 10.6 Å². The SMILES string of the molecule is Cc1ccc(N2C(=O)CS[C@@H]2c2cccc(NC(=O)c3cccs3)c2)cc1. The van der Waals surface area contributed by atoms with E-state index in [9.17, 15) is 9.59 Å². The van der Waals surface area contributed by atoms with E-state index in [0.717, 1.165) is 22.5 Å². The van der Waals surface area contributed by atoms with Crippen molar-refractivity contribution in [1.82, 2.24) is 0 Å². The monoisotopic (exact) mass is 394 g/mol. The van der Waals surface area contributed by atoms with Gasteiger partial charge in [-0.15, -0.1) is 23.1 Å². The van der Waals surface area contributed by atoms with Crippen LogP contribution in [0.1, 0.15) is 26.2 Å². The van der Waals surface area contributed by atoms with E-state index in [1.807, 2.05) is 71.8 Å². The lowest BCUT2D eigenvalue weighted by molar-refractivity contribution is -0.115. The van der Waals surface area contributed by atoms with Gasteiger partial charge in [-0.3, -0.25) is 14.5 Å². The van der Waals surface area contributed by atoms with Crippen molar-refractivity contribution in [2.75, 3.05) is 16.0 Å². The Morgan fingerprint density at radius 1 is 1.11 bits per heavy atom. The van der Waals surface area contributed by atoms with Crippen LogP contribution in [-0.2, 0) is 4.79 Å². The average molecular weight is 395 g/mol. The Morgan fingerprint density at radius 2 is 1.93 bits per heavy atom. The second-order valence-electron chi connectivity index (χ2n) is 6.32. The molecule has 2 amide bonds. The maximum absolute atomic E-state index is 12.5. The van der Waals surface area contributed by atoms with Crippen molar-refractivity contribution in [2.24, 2.45) is 0 Å². The highest BCUT2D eigenvalue weighted by Gasteiger charge is 2.34. The number of nitrogens with zero attached hydrogens (tertiary/aromatic N) is 1. The minimum absolute atomic E-state index is 0.0983. The third-order valence-electron chi connectivity index (χ3n) is 4.35. The summed E-state index contributed by atoms with van der Waals surface area (Å²) in [7, 11) is 0. The zero-order valence-corrected chi connectivity index (χ0v) is 16.3. The van der Waals surface area contributed by atoms with Gasteiger partial charge in [-0.05, 0) is 48.2 Å². The Morgan fingerprint density at radius 3 is 2.67 bits per heavy atom. The smallest absolute Gasteiger partial charge is 0.265 e. The van der Waals surface area contributed by atoms with Gasteiger partial charge in [-0.25, -0.2) is 0 Å². The number of thiophene rings is 1. The fourth-order valence-corrected chi connectivity index (χ4v) is 4.81. The minimum atomic E-state index is -0.118. The summed E-state index contributed by atoms with van der Waals surface area (Å²) >= 11 is 3.01. The molecule has 0 aliphatic carbocycles. The lowest BCUT2D eigenvalue weighted by atomic mass is 10.1. The van der Waals surface area contributed by atoms with Gasteiger partial charge in [0.2, 0.25) is 5.91 Å². The molecule has 6 heteroatoms. The molecule has 0 saturated carbocycles. The fraction of sp³-hybridized carbons (Fsp3) is 0.143. The number of carbonyl (C=O) groups is 2. The molecule has 0 unspecified atom stereocenters. The molecule has 2 aromatic carbocycles. The highest BCUT2D eigenvalue weighted by molar-refractivity contribution is 8.00. The number of aryl methyl sites for hydroxylation is 1. The van der Waals surface area contributed by atoms with Gasteiger partial charge in [0.15, 0.2) is 0 Å². The largest absolute Gasteiger partial charge is 0.321 e. The summed E-state index contributed by atoms with van der Waals surface area (Å²) in [5.41, 5.74) is 3.78. The number of amides is 2. The van der Waals surface area contributed by atoms with E-state index >= 15 is 0 Å². The number of hydrogen-bond donors (Lipinski definition) is 1.